The van der Waals surface area contributed by atoms with E-state index in [4.69, 9.17) is 32.4 Å². The van der Waals surface area contributed by atoms with Crippen molar-refractivity contribution in [2.75, 3.05) is 0 Å². The van der Waals surface area contributed by atoms with E-state index in [1.807, 2.05) is 12.1 Å². The predicted octanol–water partition coefficient (Wildman–Crippen LogP) is 7.75. The van der Waals surface area contributed by atoms with Crippen LogP contribution in [0.3, 0.4) is 0 Å². The molecule has 168 valence electrons. The van der Waals surface area contributed by atoms with Crippen LogP contribution in [0.4, 0.5) is 4.39 Å². The summed E-state index contributed by atoms with van der Waals surface area (Å²) in [5.41, 5.74) is 4.14. The molecule has 0 bridgehead atoms. The molecular formula is C23H13Br2Cl2FN2O3. The highest BCUT2D eigenvalue weighted by Gasteiger charge is 2.14. The van der Waals surface area contributed by atoms with Gasteiger partial charge in [-0.3, -0.25) is 4.79 Å². The molecule has 1 N–H and O–H groups in total. The molecule has 1 amide bonds. The smallest absolute Gasteiger partial charge is 0.307 e. The van der Waals surface area contributed by atoms with Gasteiger partial charge in [-0.05, 0) is 69.5 Å². The summed E-state index contributed by atoms with van der Waals surface area (Å²) in [5, 5.41) is 5.20. The van der Waals surface area contributed by atoms with Crippen LogP contribution in [-0.4, -0.2) is 12.1 Å². The van der Waals surface area contributed by atoms with E-state index in [2.05, 4.69) is 42.4 Å². The minimum Gasteiger partial charge on any atom is -0.486 e. The average Bonchev–Trinajstić information content (AvgIpc) is 3.18. The van der Waals surface area contributed by atoms with Gasteiger partial charge in [0.15, 0.2) is 11.5 Å². The summed E-state index contributed by atoms with van der Waals surface area (Å²) >= 11 is 19.4. The van der Waals surface area contributed by atoms with Gasteiger partial charge in [0.25, 0.3) is 0 Å². The first-order valence-corrected chi connectivity index (χ1v) is 11.7. The third-order valence-electron chi connectivity index (χ3n) is 4.43. The molecule has 0 aliphatic carbocycles. The van der Waals surface area contributed by atoms with Crippen molar-refractivity contribution in [3.63, 3.8) is 0 Å². The van der Waals surface area contributed by atoms with Crippen LogP contribution in [0.1, 0.15) is 21.7 Å². The maximum absolute atomic E-state index is 13.3. The number of carbonyl (C=O) groups is 1. The Morgan fingerprint density at radius 1 is 1.12 bits per heavy atom. The summed E-state index contributed by atoms with van der Waals surface area (Å²) in [6, 6.07) is 14.5. The standard InChI is InChI=1S/C23H13Br2Cl2FN2O3/c24-15-7-14-8-20(33-21(14)17(25)9-15)23(31)30-29-10-13-5-18(26)22(19(27)6-13)32-11-12-2-1-3-16(28)4-12/h1-10H,11H2,(H,30,31)/b29-10-. The number of ether oxygens (including phenoxy) is 1. The van der Waals surface area contributed by atoms with Gasteiger partial charge in [0, 0.05) is 9.86 Å². The number of hydrogen-bond donors (Lipinski definition) is 1. The quantitative estimate of drug-likeness (QED) is 0.178. The lowest BCUT2D eigenvalue weighted by Crippen LogP contribution is -2.16. The van der Waals surface area contributed by atoms with Crippen molar-refractivity contribution in [2.45, 2.75) is 6.61 Å². The molecule has 5 nitrogen and oxygen atoms in total. The largest absolute Gasteiger partial charge is 0.486 e. The molecule has 0 fully saturated rings. The van der Waals surface area contributed by atoms with Crippen LogP contribution < -0.4 is 10.2 Å². The van der Waals surface area contributed by atoms with Gasteiger partial charge in [0.2, 0.25) is 0 Å². The van der Waals surface area contributed by atoms with Gasteiger partial charge in [-0.1, -0.05) is 51.3 Å². The first-order valence-electron chi connectivity index (χ1n) is 9.38. The molecule has 10 heteroatoms. The molecule has 0 aliphatic heterocycles. The number of fused-ring (bicyclic) bond motifs is 1. The Bertz CT molecular complexity index is 1370. The summed E-state index contributed by atoms with van der Waals surface area (Å²) in [5.74, 6) is -0.497. The molecule has 33 heavy (non-hydrogen) atoms. The molecule has 0 atom stereocenters. The number of halogens is 5. The summed E-state index contributed by atoms with van der Waals surface area (Å²) in [6.45, 7) is 0.102. The number of benzene rings is 3. The van der Waals surface area contributed by atoms with Crippen LogP contribution in [0.2, 0.25) is 10.0 Å². The van der Waals surface area contributed by atoms with E-state index in [9.17, 15) is 9.18 Å². The number of hydrazone groups is 1. The van der Waals surface area contributed by atoms with Crippen LogP contribution >= 0.6 is 55.1 Å². The molecule has 0 saturated carbocycles. The molecule has 3 aromatic carbocycles. The Balaban J connectivity index is 1.43. The van der Waals surface area contributed by atoms with Crippen molar-refractivity contribution >= 4 is 78.2 Å². The number of nitrogens with zero attached hydrogens (tertiary/aromatic N) is 1. The first kappa shape index (κ1) is 23.8. The van der Waals surface area contributed by atoms with E-state index in [0.29, 0.717) is 16.7 Å². The Hall–Kier alpha value is -2.39. The topological polar surface area (TPSA) is 63.8 Å². The van der Waals surface area contributed by atoms with Crippen LogP contribution in [-0.2, 0) is 6.61 Å². The van der Waals surface area contributed by atoms with E-state index in [0.717, 1.165) is 14.3 Å². The zero-order chi connectivity index (χ0) is 23.5. The predicted molar refractivity (Wildman–Crippen MR) is 134 cm³/mol. The monoisotopic (exact) mass is 612 g/mol. The minimum absolute atomic E-state index is 0.102. The fourth-order valence-electron chi connectivity index (χ4n) is 2.98. The Labute approximate surface area is 214 Å². The third-order valence-corrected chi connectivity index (χ3v) is 6.04. The maximum atomic E-state index is 13.3. The van der Waals surface area contributed by atoms with Gasteiger partial charge < -0.3 is 9.15 Å². The number of amides is 1. The van der Waals surface area contributed by atoms with Crippen LogP contribution in [0.25, 0.3) is 11.0 Å². The van der Waals surface area contributed by atoms with E-state index >= 15 is 0 Å². The number of rotatable bonds is 6. The van der Waals surface area contributed by atoms with E-state index < -0.39 is 5.91 Å². The SMILES string of the molecule is O=C(N/N=C\c1cc(Cl)c(OCc2cccc(F)c2)c(Cl)c1)c1cc2cc(Br)cc(Br)c2o1. The van der Waals surface area contributed by atoms with Crippen molar-refractivity contribution in [3.05, 3.63) is 96.3 Å². The van der Waals surface area contributed by atoms with E-state index in [1.54, 1.807) is 30.3 Å². The second kappa shape index (κ2) is 10.3. The van der Waals surface area contributed by atoms with Crippen molar-refractivity contribution in [2.24, 2.45) is 5.10 Å². The molecule has 0 aliphatic rings. The van der Waals surface area contributed by atoms with Crippen molar-refractivity contribution in [3.8, 4) is 5.75 Å². The van der Waals surface area contributed by atoms with Crippen molar-refractivity contribution in [1.29, 1.82) is 0 Å². The van der Waals surface area contributed by atoms with Crippen LogP contribution in [0.15, 0.2) is 73.1 Å². The normalized spacial score (nSPS) is 11.3. The molecule has 4 aromatic rings. The first-order chi connectivity index (χ1) is 15.8. The molecule has 1 aromatic heterocycles. The molecular weight excluding hydrogens is 602 g/mol. The third kappa shape index (κ3) is 5.76. The Morgan fingerprint density at radius 2 is 1.88 bits per heavy atom. The fraction of sp³-hybridized carbons (Fsp3) is 0.0435. The number of furan rings is 1. The molecule has 0 spiro atoms. The summed E-state index contributed by atoms with van der Waals surface area (Å²) in [6.07, 6.45) is 1.39. The van der Waals surface area contributed by atoms with Gasteiger partial charge in [-0.2, -0.15) is 5.10 Å². The highest BCUT2D eigenvalue weighted by molar-refractivity contribution is 9.11. The zero-order valence-corrected chi connectivity index (χ0v) is 21.2. The molecule has 4 rings (SSSR count). The Kier molecular flexibility index (Phi) is 7.38. The average molecular weight is 615 g/mol. The van der Waals surface area contributed by atoms with Gasteiger partial charge in [0.1, 0.15) is 18.0 Å². The molecule has 1 heterocycles. The minimum atomic E-state index is -0.516. The van der Waals surface area contributed by atoms with Crippen LogP contribution in [0.5, 0.6) is 5.75 Å². The summed E-state index contributed by atoms with van der Waals surface area (Å²) < 4.78 is 26.1. The van der Waals surface area contributed by atoms with E-state index in [1.165, 1.54) is 18.3 Å². The summed E-state index contributed by atoms with van der Waals surface area (Å²) in [4.78, 5) is 12.4. The second-order valence-electron chi connectivity index (χ2n) is 6.85. The lowest BCUT2D eigenvalue weighted by molar-refractivity contribution is 0.0929. The zero-order valence-electron chi connectivity index (χ0n) is 16.5. The van der Waals surface area contributed by atoms with Gasteiger partial charge in [0.05, 0.1) is 20.7 Å². The second-order valence-corrected chi connectivity index (χ2v) is 9.43. The van der Waals surface area contributed by atoms with Crippen LogP contribution in [0, 0.1) is 5.82 Å². The van der Waals surface area contributed by atoms with Gasteiger partial charge >= 0.3 is 5.91 Å². The van der Waals surface area contributed by atoms with Gasteiger partial charge in [-0.25, -0.2) is 9.82 Å². The lowest BCUT2D eigenvalue weighted by atomic mass is 10.2. The molecule has 0 radical (unpaired) electrons. The van der Waals surface area contributed by atoms with Gasteiger partial charge in [-0.15, -0.1) is 0 Å². The van der Waals surface area contributed by atoms with Crippen molar-refractivity contribution < 1.29 is 18.3 Å². The number of hydrogen-bond acceptors (Lipinski definition) is 4. The number of nitrogens with one attached hydrogen (secondary N) is 1. The fourth-order valence-corrected chi connectivity index (χ4v) is 4.93. The molecule has 0 saturated heterocycles. The number of carbonyl (C=O) groups excluding carboxylic acids is 1. The maximum Gasteiger partial charge on any atom is 0.307 e. The highest BCUT2D eigenvalue weighted by Crippen LogP contribution is 2.34. The lowest BCUT2D eigenvalue weighted by Gasteiger charge is -2.11. The molecule has 0 unspecified atom stereocenters. The summed E-state index contributed by atoms with van der Waals surface area (Å²) in [7, 11) is 0. The van der Waals surface area contributed by atoms with E-state index in [-0.39, 0.29) is 34.0 Å². The highest BCUT2D eigenvalue weighted by atomic mass is 79.9. The van der Waals surface area contributed by atoms with Crippen molar-refractivity contribution in [1.82, 2.24) is 5.43 Å². The Morgan fingerprint density at radius 3 is 2.61 bits per heavy atom.